The minimum absolute atomic E-state index is 0.164. The Morgan fingerprint density at radius 2 is 1.97 bits per heavy atom. The van der Waals surface area contributed by atoms with Crippen LogP contribution in [0.5, 0.6) is 0 Å². The van der Waals surface area contributed by atoms with Crippen LogP contribution in [-0.4, -0.2) is 59.0 Å². The molecule has 1 aromatic carbocycles. The molecular weight excluding hydrogens is 447 g/mol. The number of anilines is 1. The summed E-state index contributed by atoms with van der Waals surface area (Å²) in [5, 5.41) is 2.83. The third-order valence-corrected chi connectivity index (χ3v) is 6.49. The third kappa shape index (κ3) is 4.43. The van der Waals surface area contributed by atoms with Crippen molar-refractivity contribution in [2.24, 2.45) is 0 Å². The molecule has 3 aromatic rings. The summed E-state index contributed by atoms with van der Waals surface area (Å²) in [7, 11) is 1.55. The average Bonchev–Trinajstić information content (AvgIpc) is 3.64. The normalized spacial score (nSPS) is 16.9. The highest BCUT2D eigenvalue weighted by Gasteiger charge is 2.28. The number of rotatable bonds is 5. The number of halogens is 2. The van der Waals surface area contributed by atoms with Crippen molar-refractivity contribution in [2.45, 2.75) is 25.3 Å². The Morgan fingerprint density at radius 3 is 2.64 bits per heavy atom. The number of hydrogen-bond acceptors (Lipinski definition) is 6. The zero-order valence-corrected chi connectivity index (χ0v) is 19.0. The van der Waals surface area contributed by atoms with Crippen LogP contribution in [0.15, 0.2) is 29.1 Å². The zero-order valence-electron chi connectivity index (χ0n) is 18.2. The molecule has 1 amide bonds. The summed E-state index contributed by atoms with van der Waals surface area (Å²) in [5.74, 6) is -0.526. The van der Waals surface area contributed by atoms with E-state index in [-0.39, 0.29) is 28.6 Å². The summed E-state index contributed by atoms with van der Waals surface area (Å²) in [6.07, 6.45) is 1.87. The lowest BCUT2D eigenvalue weighted by molar-refractivity contribution is 0.0958. The lowest BCUT2D eigenvalue weighted by atomic mass is 10.1. The number of benzene rings is 1. The molecule has 2 aliphatic rings. The van der Waals surface area contributed by atoms with Gasteiger partial charge in [-0.05, 0) is 42.7 Å². The Labute approximate surface area is 194 Å². The number of aromatic amines is 1. The molecule has 1 saturated heterocycles. The first-order chi connectivity index (χ1) is 15.9. The van der Waals surface area contributed by atoms with Gasteiger partial charge in [-0.15, -0.1) is 0 Å². The van der Waals surface area contributed by atoms with Crippen LogP contribution in [0.2, 0.25) is 5.15 Å². The molecule has 0 radical (unpaired) electrons. The number of piperazine rings is 1. The fourth-order valence-corrected chi connectivity index (χ4v) is 4.54. The monoisotopic (exact) mass is 470 g/mol. The van der Waals surface area contributed by atoms with E-state index >= 15 is 0 Å². The van der Waals surface area contributed by atoms with Crippen molar-refractivity contribution in [3.05, 3.63) is 62.5 Å². The van der Waals surface area contributed by atoms with Gasteiger partial charge in [-0.1, -0.05) is 11.6 Å². The zero-order chi connectivity index (χ0) is 23.1. The van der Waals surface area contributed by atoms with Gasteiger partial charge in [0, 0.05) is 45.7 Å². The second-order valence-corrected chi connectivity index (χ2v) is 8.91. The van der Waals surface area contributed by atoms with Gasteiger partial charge in [0.05, 0.1) is 11.2 Å². The highest BCUT2D eigenvalue weighted by Crippen LogP contribution is 2.37. The van der Waals surface area contributed by atoms with E-state index in [2.05, 4.69) is 30.1 Å². The van der Waals surface area contributed by atoms with E-state index in [1.165, 1.54) is 6.07 Å². The Bertz CT molecular complexity index is 1280. The molecule has 0 bridgehead atoms. The van der Waals surface area contributed by atoms with Gasteiger partial charge in [0.15, 0.2) is 11.0 Å². The predicted molar refractivity (Wildman–Crippen MR) is 124 cm³/mol. The van der Waals surface area contributed by atoms with E-state index in [0.717, 1.165) is 50.3 Å². The number of fused-ring (bicyclic) bond motifs is 1. The van der Waals surface area contributed by atoms with Gasteiger partial charge in [0.2, 0.25) is 0 Å². The van der Waals surface area contributed by atoms with Crippen LogP contribution in [0.25, 0.3) is 11.0 Å². The highest BCUT2D eigenvalue weighted by molar-refractivity contribution is 6.32. The summed E-state index contributed by atoms with van der Waals surface area (Å²) in [6.45, 7) is 3.51. The number of hydrogen-bond donors (Lipinski definition) is 2. The second-order valence-electron chi connectivity index (χ2n) is 8.55. The van der Waals surface area contributed by atoms with Crippen molar-refractivity contribution in [2.75, 3.05) is 38.1 Å². The minimum Gasteiger partial charge on any atom is -0.366 e. The number of nitrogens with one attached hydrogen (secondary N) is 2. The van der Waals surface area contributed by atoms with Crippen molar-refractivity contribution in [3.8, 4) is 0 Å². The standard InChI is InChI=1S/C23H24ClFN6O2/c1-26-22(32)16-4-5-18(21(24)27-16)31-8-6-30(7-9-31)12-13-10-15(25)20-17(11-13)28-23(33)19(29-20)14-2-3-14/h4-5,10-11,14H,2-3,6-9,12H2,1H3,(H,26,32)(H,28,33). The number of carbonyl (C=O) groups excluding carboxylic acids is 1. The first-order valence-electron chi connectivity index (χ1n) is 11.0. The van der Waals surface area contributed by atoms with Crippen molar-refractivity contribution in [1.29, 1.82) is 0 Å². The quantitative estimate of drug-likeness (QED) is 0.557. The first kappa shape index (κ1) is 21.8. The van der Waals surface area contributed by atoms with E-state index in [4.69, 9.17) is 11.6 Å². The van der Waals surface area contributed by atoms with Crippen molar-refractivity contribution < 1.29 is 9.18 Å². The summed E-state index contributed by atoms with van der Waals surface area (Å²) >= 11 is 6.33. The van der Waals surface area contributed by atoms with Crippen LogP contribution < -0.4 is 15.8 Å². The van der Waals surface area contributed by atoms with E-state index in [0.29, 0.717) is 22.9 Å². The number of aromatic nitrogens is 3. The van der Waals surface area contributed by atoms with Gasteiger partial charge in [-0.2, -0.15) is 0 Å². The molecule has 0 spiro atoms. The molecule has 1 aliphatic heterocycles. The van der Waals surface area contributed by atoms with Gasteiger partial charge in [-0.3, -0.25) is 14.5 Å². The van der Waals surface area contributed by atoms with Crippen molar-refractivity contribution >= 4 is 34.2 Å². The number of nitrogens with zero attached hydrogens (tertiary/aromatic N) is 4. The average molecular weight is 471 g/mol. The minimum atomic E-state index is -0.409. The number of pyridine rings is 1. The molecule has 0 unspecified atom stereocenters. The van der Waals surface area contributed by atoms with Crippen molar-refractivity contribution in [1.82, 2.24) is 25.2 Å². The Morgan fingerprint density at radius 1 is 1.21 bits per heavy atom. The lowest BCUT2D eigenvalue weighted by Gasteiger charge is -2.36. The van der Waals surface area contributed by atoms with Gasteiger partial charge < -0.3 is 15.2 Å². The van der Waals surface area contributed by atoms with E-state index in [9.17, 15) is 14.0 Å². The first-order valence-corrected chi connectivity index (χ1v) is 11.4. The lowest BCUT2D eigenvalue weighted by Crippen LogP contribution is -2.46. The molecule has 172 valence electrons. The van der Waals surface area contributed by atoms with Crippen LogP contribution in [0.1, 0.15) is 40.5 Å². The fraction of sp³-hybridized carbons (Fsp3) is 0.391. The maximum atomic E-state index is 14.8. The van der Waals surface area contributed by atoms with E-state index in [1.54, 1.807) is 13.1 Å². The largest absolute Gasteiger partial charge is 0.366 e. The summed E-state index contributed by atoms with van der Waals surface area (Å²) in [6, 6.07) is 6.80. The Kier molecular flexibility index (Phi) is 5.76. The van der Waals surface area contributed by atoms with Crippen LogP contribution in [-0.2, 0) is 6.54 Å². The summed E-state index contributed by atoms with van der Waals surface area (Å²) in [4.78, 5) is 39.7. The molecule has 33 heavy (non-hydrogen) atoms. The smallest absolute Gasteiger partial charge is 0.270 e. The molecule has 2 fully saturated rings. The van der Waals surface area contributed by atoms with E-state index in [1.807, 2.05) is 12.1 Å². The molecule has 5 rings (SSSR count). The maximum absolute atomic E-state index is 14.8. The topological polar surface area (TPSA) is 94.2 Å². The van der Waals surface area contributed by atoms with Gasteiger partial charge in [0.1, 0.15) is 16.9 Å². The molecule has 2 aromatic heterocycles. The molecule has 1 aliphatic carbocycles. The number of amides is 1. The Balaban J connectivity index is 1.27. The van der Waals surface area contributed by atoms with Gasteiger partial charge >= 0.3 is 0 Å². The number of H-pyrrole nitrogens is 1. The summed E-state index contributed by atoms with van der Waals surface area (Å²) < 4.78 is 14.8. The predicted octanol–water partition coefficient (Wildman–Crippen LogP) is 2.67. The van der Waals surface area contributed by atoms with Crippen LogP contribution >= 0.6 is 11.6 Å². The van der Waals surface area contributed by atoms with Crippen LogP contribution in [0.4, 0.5) is 10.1 Å². The molecule has 10 heteroatoms. The van der Waals surface area contributed by atoms with Crippen LogP contribution in [0.3, 0.4) is 0 Å². The van der Waals surface area contributed by atoms with Crippen molar-refractivity contribution in [3.63, 3.8) is 0 Å². The second kappa shape index (κ2) is 8.72. The number of carbonyl (C=O) groups is 1. The molecule has 2 N–H and O–H groups in total. The molecule has 8 nitrogen and oxygen atoms in total. The third-order valence-electron chi connectivity index (χ3n) is 6.21. The fourth-order valence-electron chi connectivity index (χ4n) is 4.27. The van der Waals surface area contributed by atoms with Gasteiger partial charge in [0.25, 0.3) is 11.5 Å². The maximum Gasteiger partial charge on any atom is 0.270 e. The molecular formula is C23H24ClFN6O2. The van der Waals surface area contributed by atoms with E-state index < -0.39 is 5.82 Å². The highest BCUT2D eigenvalue weighted by atomic mass is 35.5. The molecule has 3 heterocycles. The molecule has 1 saturated carbocycles. The SMILES string of the molecule is CNC(=O)c1ccc(N2CCN(Cc3cc(F)c4nc(C5CC5)c(=O)[nH]c4c3)CC2)c(Cl)n1. The van der Waals surface area contributed by atoms with Crippen LogP contribution in [0, 0.1) is 5.82 Å². The summed E-state index contributed by atoms with van der Waals surface area (Å²) in [5.41, 5.74) is 2.75. The Hall–Kier alpha value is -3.04. The molecule has 0 atom stereocenters. The van der Waals surface area contributed by atoms with Gasteiger partial charge in [-0.25, -0.2) is 14.4 Å².